The van der Waals surface area contributed by atoms with E-state index in [2.05, 4.69) is 42.0 Å². The number of piperidine rings is 1. The molecule has 10 heteroatoms. The van der Waals surface area contributed by atoms with Crippen molar-refractivity contribution < 1.29 is 22.7 Å². The van der Waals surface area contributed by atoms with Gasteiger partial charge in [0.2, 0.25) is 6.41 Å². The van der Waals surface area contributed by atoms with E-state index in [1.54, 1.807) is 12.1 Å². The van der Waals surface area contributed by atoms with E-state index in [1.165, 1.54) is 11.1 Å². The number of nitrogens with zero attached hydrogens (tertiary/aromatic N) is 3. The lowest BCUT2D eigenvalue weighted by atomic mass is 9.86. The molecule has 0 unspecified atom stereocenters. The fourth-order valence-electron chi connectivity index (χ4n) is 5.81. The van der Waals surface area contributed by atoms with Crippen LogP contribution in [0.4, 0.5) is 18.9 Å². The van der Waals surface area contributed by atoms with E-state index in [1.807, 2.05) is 17.0 Å². The van der Waals surface area contributed by atoms with E-state index >= 15 is 0 Å². The van der Waals surface area contributed by atoms with Gasteiger partial charge in [-0.2, -0.15) is 0 Å². The fourth-order valence-corrected chi connectivity index (χ4v) is 5.81. The molecule has 0 spiro atoms. The predicted molar refractivity (Wildman–Crippen MR) is 160 cm³/mol. The van der Waals surface area contributed by atoms with Gasteiger partial charge in [-0.15, -0.1) is 24.8 Å². The van der Waals surface area contributed by atoms with Gasteiger partial charge in [0.1, 0.15) is 5.75 Å². The molecule has 0 aromatic heterocycles. The molecule has 5 rings (SSSR count). The van der Waals surface area contributed by atoms with Gasteiger partial charge in [0.05, 0.1) is 6.17 Å². The van der Waals surface area contributed by atoms with Crippen LogP contribution in [0.1, 0.15) is 48.3 Å². The minimum absolute atomic E-state index is 0. The summed E-state index contributed by atoms with van der Waals surface area (Å²) in [6, 6.07) is 14.8. The first kappa shape index (κ1) is 32.7. The van der Waals surface area contributed by atoms with Crippen molar-refractivity contribution in [1.29, 1.82) is 0 Å². The Bertz CT molecular complexity index is 1320. The van der Waals surface area contributed by atoms with Crippen LogP contribution in [0.3, 0.4) is 0 Å². The maximum Gasteiger partial charge on any atom is 0.215 e. The van der Waals surface area contributed by atoms with Crippen LogP contribution in [-0.2, 0) is 11.3 Å². The van der Waals surface area contributed by atoms with Crippen LogP contribution >= 0.6 is 24.8 Å². The summed E-state index contributed by atoms with van der Waals surface area (Å²) in [7, 11) is 2.08. The van der Waals surface area contributed by atoms with E-state index in [4.69, 9.17) is 4.74 Å². The molecule has 2 aliphatic rings. The lowest BCUT2D eigenvalue weighted by Gasteiger charge is -2.34. The first-order valence-corrected chi connectivity index (χ1v) is 13.5. The number of amides is 1. The highest BCUT2D eigenvalue weighted by atomic mass is 35.5. The molecule has 0 bridgehead atoms. The molecular formula is C31H36Cl2F3N3O2. The third-order valence-corrected chi connectivity index (χ3v) is 8.04. The molecule has 0 saturated carbocycles. The average molecular weight is 611 g/mol. The normalized spacial score (nSPS) is 17.9. The number of aryl methyl sites for hydroxylation is 1. The standard InChI is InChI=1S/C31H34F3N3O2.2ClH/c1-21-5-8-24(37(20-38)31-4-3-13-35(31)2)16-26(21)23-11-14-36(15-12-23)19-22-6-9-25(10-7-22)39-30-18-28(33)27(32)17-29(30)34;;/h5-10,16-18,20,23,31H,3-4,11-15,19H2,1-2H3;2*1H/t31-;;/m0../s1. The summed E-state index contributed by atoms with van der Waals surface area (Å²) < 4.78 is 45.9. The monoisotopic (exact) mass is 609 g/mol. The molecule has 5 nitrogen and oxygen atoms in total. The second kappa shape index (κ2) is 14.4. The maximum atomic E-state index is 13.9. The van der Waals surface area contributed by atoms with Gasteiger partial charge in [-0.3, -0.25) is 19.5 Å². The highest BCUT2D eigenvalue weighted by molar-refractivity contribution is 5.85. The molecule has 3 aromatic carbocycles. The lowest BCUT2D eigenvalue weighted by molar-refractivity contribution is -0.108. The average Bonchev–Trinajstić information content (AvgIpc) is 3.35. The second-order valence-corrected chi connectivity index (χ2v) is 10.7. The van der Waals surface area contributed by atoms with Crippen molar-refractivity contribution >= 4 is 36.9 Å². The molecule has 1 amide bonds. The number of anilines is 1. The number of carbonyl (C=O) groups excluding carboxylic acids is 1. The summed E-state index contributed by atoms with van der Waals surface area (Å²) in [6.45, 7) is 5.84. The Labute approximate surface area is 252 Å². The zero-order valence-corrected chi connectivity index (χ0v) is 24.8. The Kier molecular flexibility index (Phi) is 11.5. The Balaban J connectivity index is 0.00000231. The van der Waals surface area contributed by atoms with Crippen LogP contribution in [0.15, 0.2) is 54.6 Å². The molecule has 1 atom stereocenters. The van der Waals surface area contributed by atoms with E-state index in [9.17, 15) is 18.0 Å². The van der Waals surface area contributed by atoms with Gasteiger partial charge >= 0.3 is 0 Å². The first-order valence-electron chi connectivity index (χ1n) is 13.5. The van der Waals surface area contributed by atoms with Gasteiger partial charge < -0.3 is 4.74 Å². The zero-order chi connectivity index (χ0) is 27.5. The Morgan fingerprint density at radius 3 is 2.22 bits per heavy atom. The number of carbonyl (C=O) groups is 1. The maximum absolute atomic E-state index is 13.9. The van der Waals surface area contributed by atoms with E-state index in [-0.39, 0.29) is 36.7 Å². The van der Waals surface area contributed by atoms with Gasteiger partial charge in [-0.1, -0.05) is 18.2 Å². The summed E-state index contributed by atoms with van der Waals surface area (Å²) in [6.07, 6.45) is 5.24. The molecule has 2 saturated heterocycles. The molecule has 0 radical (unpaired) electrons. The van der Waals surface area contributed by atoms with Crippen LogP contribution in [0.2, 0.25) is 0 Å². The molecule has 2 aliphatic heterocycles. The van der Waals surface area contributed by atoms with Crippen LogP contribution in [-0.4, -0.2) is 49.1 Å². The number of likely N-dealkylation sites (tertiary alicyclic amines) is 2. The van der Waals surface area contributed by atoms with Gasteiger partial charge in [-0.25, -0.2) is 13.2 Å². The number of halogens is 5. The SMILES string of the molecule is Cc1ccc(N(C=O)[C@H]2CCCN2C)cc1C1CCN(Cc2ccc(Oc3cc(F)c(F)cc3F)cc2)CC1.Cl.Cl. The van der Waals surface area contributed by atoms with Crippen molar-refractivity contribution in [3.05, 3.63) is 88.7 Å². The topological polar surface area (TPSA) is 36.0 Å². The molecular weight excluding hydrogens is 574 g/mol. The van der Waals surface area contributed by atoms with Crippen molar-refractivity contribution in [2.24, 2.45) is 0 Å². The minimum Gasteiger partial charge on any atom is -0.454 e. The molecule has 0 aliphatic carbocycles. The van der Waals surface area contributed by atoms with Gasteiger partial charge in [0, 0.05) is 24.4 Å². The minimum atomic E-state index is -1.25. The number of hydrogen-bond donors (Lipinski definition) is 0. The highest BCUT2D eigenvalue weighted by Crippen LogP contribution is 2.35. The molecule has 222 valence electrons. The number of ether oxygens (including phenoxy) is 1. The van der Waals surface area contributed by atoms with Crippen molar-refractivity contribution in [2.45, 2.75) is 51.2 Å². The largest absolute Gasteiger partial charge is 0.454 e. The smallest absolute Gasteiger partial charge is 0.215 e. The summed E-state index contributed by atoms with van der Waals surface area (Å²) in [5, 5.41) is 0. The van der Waals surface area contributed by atoms with Gasteiger partial charge in [-0.05, 0) is 106 Å². The van der Waals surface area contributed by atoms with Crippen molar-refractivity contribution in [2.75, 3.05) is 31.6 Å². The Hall–Kier alpha value is -2.78. The van der Waals surface area contributed by atoms with Crippen LogP contribution in [0.25, 0.3) is 0 Å². The zero-order valence-electron chi connectivity index (χ0n) is 23.2. The number of hydrogen-bond acceptors (Lipinski definition) is 4. The Morgan fingerprint density at radius 1 is 0.902 bits per heavy atom. The predicted octanol–water partition coefficient (Wildman–Crippen LogP) is 7.44. The van der Waals surface area contributed by atoms with Crippen LogP contribution in [0.5, 0.6) is 11.5 Å². The van der Waals surface area contributed by atoms with Crippen molar-refractivity contribution in [3.8, 4) is 11.5 Å². The third-order valence-electron chi connectivity index (χ3n) is 8.04. The molecule has 41 heavy (non-hydrogen) atoms. The van der Waals surface area contributed by atoms with E-state index in [0.717, 1.165) is 69.5 Å². The second-order valence-electron chi connectivity index (χ2n) is 10.7. The summed E-state index contributed by atoms with van der Waals surface area (Å²) in [5.74, 6) is -2.91. The summed E-state index contributed by atoms with van der Waals surface area (Å²) >= 11 is 0. The lowest BCUT2D eigenvalue weighted by Crippen LogP contribution is -2.42. The molecule has 2 heterocycles. The number of rotatable bonds is 8. The van der Waals surface area contributed by atoms with Crippen molar-refractivity contribution in [1.82, 2.24) is 9.80 Å². The third kappa shape index (κ3) is 7.55. The quantitative estimate of drug-likeness (QED) is 0.196. The molecule has 2 fully saturated rings. The molecule has 0 N–H and O–H groups in total. The van der Waals surface area contributed by atoms with E-state index < -0.39 is 17.5 Å². The summed E-state index contributed by atoms with van der Waals surface area (Å²) in [4.78, 5) is 18.5. The van der Waals surface area contributed by atoms with Crippen molar-refractivity contribution in [3.63, 3.8) is 0 Å². The fraction of sp³-hybridized carbons (Fsp3) is 0.387. The van der Waals surface area contributed by atoms with E-state index in [0.29, 0.717) is 23.8 Å². The van der Waals surface area contributed by atoms with Gasteiger partial charge in [0.15, 0.2) is 23.2 Å². The number of benzene rings is 3. The summed E-state index contributed by atoms with van der Waals surface area (Å²) in [5.41, 5.74) is 4.64. The van der Waals surface area contributed by atoms with Crippen LogP contribution < -0.4 is 9.64 Å². The molecule has 3 aromatic rings. The van der Waals surface area contributed by atoms with Gasteiger partial charge in [0.25, 0.3) is 0 Å². The van der Waals surface area contributed by atoms with Crippen LogP contribution in [0, 0.1) is 24.4 Å². The first-order chi connectivity index (χ1) is 18.8. The highest BCUT2D eigenvalue weighted by Gasteiger charge is 2.29. The Morgan fingerprint density at radius 2 is 1.59 bits per heavy atom.